The average molecular weight is 355 g/mol. The molecule has 0 aliphatic rings. The molecule has 4 aromatic rings. The Kier molecular flexibility index (Phi) is 3.59. The Hall–Kier alpha value is -2.63. The summed E-state index contributed by atoms with van der Waals surface area (Å²) in [6.45, 7) is 0. The minimum Gasteiger partial charge on any atom is -0.281 e. The number of fused-ring (bicyclic) bond motifs is 2. The molecule has 0 amide bonds. The quantitative estimate of drug-likeness (QED) is 0.400. The highest BCUT2D eigenvalue weighted by Gasteiger charge is 2.19. The van der Waals surface area contributed by atoms with Crippen molar-refractivity contribution in [2.75, 3.05) is 0 Å². The van der Waals surface area contributed by atoms with E-state index in [1.165, 1.54) is 0 Å². The van der Waals surface area contributed by atoms with E-state index in [4.69, 9.17) is 23.2 Å². The number of ketones is 1. The van der Waals surface area contributed by atoms with Crippen LogP contribution < -0.4 is 0 Å². The number of rotatable bonds is 2. The molecule has 0 fully saturated rings. The minimum absolute atomic E-state index is 0.0648. The van der Waals surface area contributed by atoms with Gasteiger partial charge in [-0.05, 0) is 24.3 Å². The summed E-state index contributed by atoms with van der Waals surface area (Å²) in [6, 6.07) is 14.4. The van der Waals surface area contributed by atoms with Crippen LogP contribution in [0.25, 0.3) is 21.8 Å². The monoisotopic (exact) mass is 354 g/mol. The highest BCUT2D eigenvalue weighted by atomic mass is 35.5. The van der Waals surface area contributed by atoms with Crippen LogP contribution in [-0.4, -0.2) is 25.7 Å². The molecule has 7 heteroatoms. The van der Waals surface area contributed by atoms with Crippen LogP contribution in [0.2, 0.25) is 10.3 Å². The molecule has 0 atom stereocenters. The second kappa shape index (κ2) is 5.78. The van der Waals surface area contributed by atoms with Gasteiger partial charge in [-0.25, -0.2) is 19.9 Å². The largest absolute Gasteiger partial charge is 0.281 e. The molecule has 24 heavy (non-hydrogen) atoms. The normalized spacial score (nSPS) is 11.1. The number of carbonyl (C=O) groups is 1. The smallest absolute Gasteiger partial charge is 0.267 e. The highest BCUT2D eigenvalue weighted by Crippen LogP contribution is 2.23. The Morgan fingerprint density at radius 1 is 0.667 bits per heavy atom. The number of aromatic nitrogens is 4. The number of carbonyl (C=O) groups excluding carboxylic acids is 1. The van der Waals surface area contributed by atoms with Gasteiger partial charge in [0.1, 0.15) is 10.3 Å². The van der Waals surface area contributed by atoms with Gasteiger partial charge in [0.05, 0.1) is 11.0 Å². The van der Waals surface area contributed by atoms with Crippen molar-refractivity contribution in [1.82, 2.24) is 19.9 Å². The second-order valence-corrected chi connectivity index (χ2v) is 5.76. The third-order valence-corrected chi connectivity index (χ3v) is 4.10. The first-order chi connectivity index (χ1) is 11.6. The van der Waals surface area contributed by atoms with E-state index < -0.39 is 5.78 Å². The molecule has 2 aromatic heterocycles. The summed E-state index contributed by atoms with van der Waals surface area (Å²) in [5.74, 6) is -0.662. The van der Waals surface area contributed by atoms with Crippen LogP contribution in [0.3, 0.4) is 0 Å². The lowest BCUT2D eigenvalue weighted by molar-refractivity contribution is 0.102. The van der Waals surface area contributed by atoms with E-state index in [2.05, 4.69) is 19.9 Å². The molecule has 0 saturated carbocycles. The van der Waals surface area contributed by atoms with Gasteiger partial charge in [0.2, 0.25) is 11.6 Å². The molecule has 5 nitrogen and oxygen atoms in total. The van der Waals surface area contributed by atoms with Gasteiger partial charge in [-0.2, -0.15) is 0 Å². The van der Waals surface area contributed by atoms with Crippen LogP contribution in [0, 0.1) is 0 Å². The van der Waals surface area contributed by atoms with E-state index in [-0.39, 0.29) is 22.0 Å². The van der Waals surface area contributed by atoms with Gasteiger partial charge >= 0.3 is 0 Å². The molecule has 0 aliphatic heterocycles. The molecular formula is C17H8Cl2N4O. The molecule has 0 unspecified atom stereocenters. The van der Waals surface area contributed by atoms with E-state index in [1.807, 2.05) is 24.3 Å². The molecular weight excluding hydrogens is 347 g/mol. The summed E-state index contributed by atoms with van der Waals surface area (Å²) in [5.41, 5.74) is 1.15. The standard InChI is InChI=1S/C17H8Cl2N4O/c18-14-9-5-1-3-7-11(9)20-16(22-14)13(24)17-21-12-8-4-2-6-10(12)15(19)23-17/h1-8H. The molecule has 0 bridgehead atoms. The lowest BCUT2D eigenvalue weighted by Gasteiger charge is -2.05. The van der Waals surface area contributed by atoms with Gasteiger partial charge in [-0.15, -0.1) is 0 Å². The first-order valence-corrected chi connectivity index (χ1v) is 7.78. The van der Waals surface area contributed by atoms with Crippen LogP contribution in [0.1, 0.15) is 16.4 Å². The van der Waals surface area contributed by atoms with Crippen molar-refractivity contribution in [3.8, 4) is 0 Å². The maximum absolute atomic E-state index is 12.7. The van der Waals surface area contributed by atoms with E-state index in [1.54, 1.807) is 24.3 Å². The van der Waals surface area contributed by atoms with Gasteiger partial charge in [0.15, 0.2) is 0 Å². The molecule has 0 spiro atoms. The van der Waals surface area contributed by atoms with Gasteiger partial charge in [0, 0.05) is 10.8 Å². The third kappa shape index (κ3) is 2.48. The van der Waals surface area contributed by atoms with Crippen molar-refractivity contribution in [1.29, 1.82) is 0 Å². The van der Waals surface area contributed by atoms with Gasteiger partial charge in [-0.3, -0.25) is 4.79 Å². The number of para-hydroxylation sites is 2. The second-order valence-electron chi connectivity index (χ2n) is 5.04. The number of benzene rings is 2. The van der Waals surface area contributed by atoms with Crippen molar-refractivity contribution in [3.63, 3.8) is 0 Å². The summed E-state index contributed by atoms with van der Waals surface area (Å²) in [4.78, 5) is 29.3. The molecule has 0 radical (unpaired) electrons. The molecule has 4 rings (SSSR count). The van der Waals surface area contributed by atoms with Crippen molar-refractivity contribution < 1.29 is 4.79 Å². The fraction of sp³-hybridized carbons (Fsp3) is 0. The third-order valence-electron chi connectivity index (χ3n) is 3.52. The summed E-state index contributed by atoms with van der Waals surface area (Å²) in [6.07, 6.45) is 0. The van der Waals surface area contributed by atoms with Crippen molar-refractivity contribution in [2.45, 2.75) is 0 Å². The van der Waals surface area contributed by atoms with E-state index in [0.29, 0.717) is 21.8 Å². The number of halogens is 2. The summed E-state index contributed by atoms with van der Waals surface area (Å²) in [7, 11) is 0. The highest BCUT2D eigenvalue weighted by molar-refractivity contribution is 6.35. The Bertz CT molecular complexity index is 1030. The van der Waals surface area contributed by atoms with E-state index in [0.717, 1.165) is 0 Å². The Balaban J connectivity index is 1.87. The first kappa shape index (κ1) is 14.9. The van der Waals surface area contributed by atoms with Crippen LogP contribution in [-0.2, 0) is 0 Å². The summed E-state index contributed by atoms with van der Waals surface area (Å²) in [5, 5.41) is 1.76. The molecule has 0 aliphatic carbocycles. The number of hydrogen-bond acceptors (Lipinski definition) is 5. The molecule has 2 aromatic carbocycles. The number of nitrogens with zero attached hydrogens (tertiary/aromatic N) is 4. The topological polar surface area (TPSA) is 68.6 Å². The van der Waals surface area contributed by atoms with Crippen molar-refractivity contribution >= 4 is 50.8 Å². The maximum atomic E-state index is 12.7. The van der Waals surface area contributed by atoms with Crippen LogP contribution in [0.15, 0.2) is 48.5 Å². The van der Waals surface area contributed by atoms with Crippen molar-refractivity contribution in [2.24, 2.45) is 0 Å². The van der Waals surface area contributed by atoms with E-state index in [9.17, 15) is 4.79 Å². The maximum Gasteiger partial charge on any atom is 0.267 e. The SMILES string of the molecule is O=C(c1nc(Cl)c2ccccc2n1)c1nc(Cl)c2ccccc2n1. The van der Waals surface area contributed by atoms with Gasteiger partial charge < -0.3 is 0 Å². The average Bonchev–Trinajstić information content (AvgIpc) is 2.61. The minimum atomic E-state index is -0.532. The lowest BCUT2D eigenvalue weighted by atomic mass is 10.2. The zero-order chi connectivity index (χ0) is 16.7. The fourth-order valence-electron chi connectivity index (χ4n) is 2.38. The molecule has 116 valence electrons. The van der Waals surface area contributed by atoms with Crippen molar-refractivity contribution in [3.05, 3.63) is 70.5 Å². The molecule has 0 N–H and O–H groups in total. The fourth-order valence-corrected chi connectivity index (χ4v) is 2.86. The van der Waals surface area contributed by atoms with Crippen LogP contribution >= 0.6 is 23.2 Å². The molecule has 0 saturated heterocycles. The predicted molar refractivity (Wildman–Crippen MR) is 92.5 cm³/mol. The Morgan fingerprint density at radius 2 is 1.08 bits per heavy atom. The van der Waals surface area contributed by atoms with Gasteiger partial charge in [0.25, 0.3) is 5.78 Å². The lowest BCUT2D eigenvalue weighted by Crippen LogP contribution is -2.12. The zero-order valence-corrected chi connectivity index (χ0v) is 13.6. The summed E-state index contributed by atoms with van der Waals surface area (Å²) >= 11 is 12.3. The zero-order valence-electron chi connectivity index (χ0n) is 12.1. The first-order valence-electron chi connectivity index (χ1n) is 7.03. The summed E-state index contributed by atoms with van der Waals surface area (Å²) < 4.78 is 0. The molecule has 2 heterocycles. The van der Waals surface area contributed by atoms with Crippen LogP contribution in [0.5, 0.6) is 0 Å². The number of hydrogen-bond donors (Lipinski definition) is 0. The predicted octanol–water partition coefficient (Wildman–Crippen LogP) is 4.11. The Morgan fingerprint density at radius 3 is 1.54 bits per heavy atom. The van der Waals surface area contributed by atoms with Gasteiger partial charge in [-0.1, -0.05) is 47.5 Å². The van der Waals surface area contributed by atoms with Crippen LogP contribution in [0.4, 0.5) is 0 Å². The van der Waals surface area contributed by atoms with E-state index >= 15 is 0 Å². The Labute approximate surface area is 146 Å².